The number of aryl methyl sites for hydroxylation is 1. The highest BCUT2D eigenvalue weighted by molar-refractivity contribution is 5.32. The lowest BCUT2D eigenvalue weighted by atomic mass is 10.2. The number of rotatable bonds is 4. The Morgan fingerprint density at radius 2 is 1.81 bits per heavy atom. The molecule has 1 saturated heterocycles. The Kier molecular flexibility index (Phi) is 4.20. The molecule has 0 bridgehead atoms. The summed E-state index contributed by atoms with van der Waals surface area (Å²) in [6.45, 7) is 7.95. The number of imidazole rings is 1. The molecule has 0 N–H and O–H groups in total. The quantitative estimate of drug-likeness (QED) is 0.863. The van der Waals surface area contributed by atoms with Gasteiger partial charge in [0, 0.05) is 51.7 Å². The molecule has 2 aromatic rings. The topological polar surface area (TPSA) is 24.3 Å². The Labute approximate surface area is 124 Å². The standard InChI is InChI=1S/C16H21FN4/c1-2-20-8-7-18-16(20)21-11-9-19(10-12-21)13-14-3-5-15(17)6-4-14/h3-8H,2,9-13H2,1H3. The van der Waals surface area contributed by atoms with Crippen molar-refractivity contribution >= 4 is 5.95 Å². The number of hydrogen-bond donors (Lipinski definition) is 0. The maximum atomic E-state index is 12.9. The van der Waals surface area contributed by atoms with Crippen LogP contribution < -0.4 is 4.90 Å². The van der Waals surface area contributed by atoms with E-state index < -0.39 is 0 Å². The predicted molar refractivity (Wildman–Crippen MR) is 81.8 cm³/mol. The largest absolute Gasteiger partial charge is 0.340 e. The van der Waals surface area contributed by atoms with E-state index in [-0.39, 0.29) is 5.82 Å². The molecule has 3 rings (SSSR count). The summed E-state index contributed by atoms with van der Waals surface area (Å²) < 4.78 is 15.1. The highest BCUT2D eigenvalue weighted by atomic mass is 19.1. The number of hydrogen-bond acceptors (Lipinski definition) is 3. The van der Waals surface area contributed by atoms with Crippen LogP contribution in [0.3, 0.4) is 0 Å². The third-order valence-electron chi connectivity index (χ3n) is 4.01. The summed E-state index contributed by atoms with van der Waals surface area (Å²) >= 11 is 0. The molecule has 0 saturated carbocycles. The van der Waals surface area contributed by atoms with Crippen molar-refractivity contribution in [3.63, 3.8) is 0 Å². The molecule has 1 aliphatic rings. The van der Waals surface area contributed by atoms with E-state index in [1.54, 1.807) is 0 Å². The fourth-order valence-electron chi connectivity index (χ4n) is 2.79. The summed E-state index contributed by atoms with van der Waals surface area (Å²) in [5.74, 6) is 0.897. The van der Waals surface area contributed by atoms with Crippen LogP contribution in [-0.2, 0) is 13.1 Å². The molecule has 4 nitrogen and oxygen atoms in total. The summed E-state index contributed by atoms with van der Waals surface area (Å²) in [6, 6.07) is 6.80. The van der Waals surface area contributed by atoms with Gasteiger partial charge in [0.2, 0.25) is 5.95 Å². The molecule has 0 unspecified atom stereocenters. The number of aromatic nitrogens is 2. The van der Waals surface area contributed by atoms with Crippen molar-refractivity contribution in [3.8, 4) is 0 Å². The molecule has 112 valence electrons. The Balaban J connectivity index is 1.56. The van der Waals surface area contributed by atoms with Gasteiger partial charge in [-0.2, -0.15) is 0 Å². The minimum absolute atomic E-state index is 0.171. The molecule has 1 fully saturated rings. The van der Waals surface area contributed by atoms with Crippen LogP contribution in [0.4, 0.5) is 10.3 Å². The first kappa shape index (κ1) is 14.1. The number of benzene rings is 1. The number of halogens is 1. The Morgan fingerprint density at radius 1 is 1.10 bits per heavy atom. The first-order valence-electron chi connectivity index (χ1n) is 7.49. The lowest BCUT2D eigenvalue weighted by Crippen LogP contribution is -2.46. The number of piperazine rings is 1. The van der Waals surface area contributed by atoms with Gasteiger partial charge in [0.05, 0.1) is 0 Å². The third-order valence-corrected chi connectivity index (χ3v) is 4.01. The summed E-state index contributed by atoms with van der Waals surface area (Å²) in [7, 11) is 0. The smallest absolute Gasteiger partial charge is 0.205 e. The average Bonchev–Trinajstić information content (AvgIpc) is 2.99. The fourth-order valence-corrected chi connectivity index (χ4v) is 2.79. The molecule has 0 spiro atoms. The molecular formula is C16H21FN4. The van der Waals surface area contributed by atoms with E-state index in [2.05, 4.69) is 26.3 Å². The van der Waals surface area contributed by atoms with Gasteiger partial charge in [-0.05, 0) is 24.6 Å². The van der Waals surface area contributed by atoms with Crippen LogP contribution in [0.2, 0.25) is 0 Å². The highest BCUT2D eigenvalue weighted by Gasteiger charge is 2.19. The minimum atomic E-state index is -0.171. The van der Waals surface area contributed by atoms with Gasteiger partial charge < -0.3 is 9.47 Å². The van der Waals surface area contributed by atoms with Gasteiger partial charge in [-0.1, -0.05) is 12.1 Å². The van der Waals surface area contributed by atoms with Crippen molar-refractivity contribution < 1.29 is 4.39 Å². The first-order chi connectivity index (χ1) is 10.3. The molecule has 1 aromatic heterocycles. The Hall–Kier alpha value is -1.88. The van der Waals surface area contributed by atoms with Crippen molar-refractivity contribution in [1.29, 1.82) is 0 Å². The van der Waals surface area contributed by atoms with Gasteiger partial charge >= 0.3 is 0 Å². The number of anilines is 1. The summed E-state index contributed by atoms with van der Waals surface area (Å²) in [5.41, 5.74) is 1.17. The molecule has 2 heterocycles. The summed E-state index contributed by atoms with van der Waals surface area (Å²) in [4.78, 5) is 9.20. The second-order valence-corrected chi connectivity index (χ2v) is 5.40. The molecule has 0 aliphatic carbocycles. The molecule has 0 atom stereocenters. The molecule has 21 heavy (non-hydrogen) atoms. The third kappa shape index (κ3) is 3.24. The van der Waals surface area contributed by atoms with E-state index in [1.165, 1.54) is 17.7 Å². The molecular weight excluding hydrogens is 267 g/mol. The normalized spacial score (nSPS) is 16.4. The lowest BCUT2D eigenvalue weighted by molar-refractivity contribution is 0.248. The second kappa shape index (κ2) is 6.26. The van der Waals surface area contributed by atoms with Gasteiger partial charge in [0.15, 0.2) is 0 Å². The van der Waals surface area contributed by atoms with E-state index in [9.17, 15) is 4.39 Å². The van der Waals surface area contributed by atoms with Crippen molar-refractivity contribution in [1.82, 2.24) is 14.5 Å². The zero-order valence-electron chi connectivity index (χ0n) is 12.4. The number of nitrogens with zero attached hydrogens (tertiary/aromatic N) is 4. The molecule has 0 amide bonds. The van der Waals surface area contributed by atoms with E-state index in [0.717, 1.165) is 45.2 Å². The maximum absolute atomic E-state index is 12.9. The zero-order valence-corrected chi connectivity index (χ0v) is 12.4. The van der Waals surface area contributed by atoms with Crippen LogP contribution in [0.5, 0.6) is 0 Å². The van der Waals surface area contributed by atoms with Crippen LogP contribution >= 0.6 is 0 Å². The minimum Gasteiger partial charge on any atom is -0.340 e. The predicted octanol–water partition coefficient (Wildman–Crippen LogP) is 2.36. The average molecular weight is 288 g/mol. The molecule has 5 heteroatoms. The van der Waals surface area contributed by atoms with E-state index in [0.29, 0.717) is 0 Å². The first-order valence-corrected chi connectivity index (χ1v) is 7.49. The maximum Gasteiger partial charge on any atom is 0.205 e. The van der Waals surface area contributed by atoms with Crippen molar-refractivity contribution in [3.05, 3.63) is 48.0 Å². The van der Waals surface area contributed by atoms with Crippen LogP contribution in [-0.4, -0.2) is 40.6 Å². The van der Waals surface area contributed by atoms with Crippen LogP contribution in [0.15, 0.2) is 36.7 Å². The SMILES string of the molecule is CCn1ccnc1N1CCN(Cc2ccc(F)cc2)CC1. The lowest BCUT2D eigenvalue weighted by Gasteiger charge is -2.35. The van der Waals surface area contributed by atoms with Crippen molar-refractivity contribution in [2.45, 2.75) is 20.0 Å². The van der Waals surface area contributed by atoms with Gasteiger partial charge in [-0.3, -0.25) is 4.90 Å². The van der Waals surface area contributed by atoms with E-state index >= 15 is 0 Å². The van der Waals surface area contributed by atoms with Gasteiger partial charge in [0.1, 0.15) is 5.82 Å². The van der Waals surface area contributed by atoms with Gasteiger partial charge in [0.25, 0.3) is 0 Å². The van der Waals surface area contributed by atoms with Gasteiger partial charge in [-0.15, -0.1) is 0 Å². The van der Waals surface area contributed by atoms with Crippen LogP contribution in [0, 0.1) is 5.82 Å². The Morgan fingerprint density at radius 3 is 2.48 bits per heavy atom. The highest BCUT2D eigenvalue weighted by Crippen LogP contribution is 2.15. The second-order valence-electron chi connectivity index (χ2n) is 5.40. The molecule has 1 aromatic carbocycles. The summed E-state index contributed by atoms with van der Waals surface area (Å²) in [5, 5.41) is 0. The van der Waals surface area contributed by atoms with Crippen LogP contribution in [0.1, 0.15) is 12.5 Å². The fraction of sp³-hybridized carbons (Fsp3) is 0.438. The van der Waals surface area contributed by atoms with Crippen molar-refractivity contribution in [2.75, 3.05) is 31.1 Å². The van der Waals surface area contributed by atoms with Crippen LogP contribution in [0.25, 0.3) is 0 Å². The van der Waals surface area contributed by atoms with E-state index in [4.69, 9.17) is 0 Å². The molecule has 0 radical (unpaired) electrons. The van der Waals surface area contributed by atoms with E-state index in [1.807, 2.05) is 24.5 Å². The van der Waals surface area contributed by atoms with Crippen molar-refractivity contribution in [2.24, 2.45) is 0 Å². The summed E-state index contributed by atoms with van der Waals surface area (Å²) in [6.07, 6.45) is 3.89. The molecule has 1 aliphatic heterocycles. The Bertz CT molecular complexity index is 570. The van der Waals surface area contributed by atoms with Gasteiger partial charge in [-0.25, -0.2) is 9.37 Å². The monoisotopic (exact) mass is 288 g/mol. The zero-order chi connectivity index (χ0) is 14.7.